The van der Waals surface area contributed by atoms with Crippen molar-refractivity contribution in [2.75, 3.05) is 24.5 Å². The van der Waals surface area contributed by atoms with Gasteiger partial charge in [0.1, 0.15) is 10.6 Å². The second-order valence-electron chi connectivity index (χ2n) is 9.25. The number of rotatable bonds is 5. The second kappa shape index (κ2) is 8.27. The fourth-order valence-corrected chi connectivity index (χ4v) is 6.60. The molecular weight excluding hydrogens is 469 g/mol. The van der Waals surface area contributed by atoms with Crippen LogP contribution in [0.15, 0.2) is 53.4 Å². The highest BCUT2D eigenvalue weighted by atomic mass is 32.2. The van der Waals surface area contributed by atoms with E-state index in [9.17, 15) is 26.4 Å². The molecule has 2 heterocycles. The molecule has 0 unspecified atom stereocenters. The maximum Gasteiger partial charge on any atom is 0.573 e. The van der Waals surface area contributed by atoms with E-state index in [1.54, 1.807) is 4.90 Å². The first-order valence-corrected chi connectivity index (χ1v) is 12.8. The maximum absolute atomic E-state index is 13.4. The smallest absolute Gasteiger partial charge is 0.404 e. The number of hydrogen-bond donors (Lipinski definition) is 0. The van der Waals surface area contributed by atoms with E-state index in [0.29, 0.717) is 31.7 Å². The zero-order chi connectivity index (χ0) is 24.1. The van der Waals surface area contributed by atoms with Crippen molar-refractivity contribution in [1.29, 1.82) is 0 Å². The number of halogens is 3. The predicted molar refractivity (Wildman–Crippen MR) is 119 cm³/mol. The number of benzene rings is 2. The maximum atomic E-state index is 13.4. The van der Waals surface area contributed by atoms with Crippen molar-refractivity contribution in [3.8, 4) is 5.75 Å². The minimum atomic E-state index is -5.01. The van der Waals surface area contributed by atoms with Gasteiger partial charge in [-0.15, -0.1) is 13.2 Å². The molecule has 1 amide bonds. The molecule has 10 heteroatoms. The second-order valence-corrected chi connectivity index (χ2v) is 11.2. The highest BCUT2D eigenvalue weighted by molar-refractivity contribution is 7.89. The number of nitrogens with zero attached hydrogens (tertiary/aromatic N) is 2. The Morgan fingerprint density at radius 3 is 2.15 bits per heavy atom. The van der Waals surface area contributed by atoms with Gasteiger partial charge in [0.05, 0.1) is 5.41 Å². The normalized spacial score (nSPS) is 21.3. The molecule has 2 aromatic rings. The van der Waals surface area contributed by atoms with Gasteiger partial charge in [0.15, 0.2) is 0 Å². The average Bonchev–Trinajstić information content (AvgIpc) is 3.60. The number of carbonyl (C=O) groups excluding carboxylic acids is 1. The number of amides is 1. The Hall–Kier alpha value is -2.59. The number of sulfonamides is 1. The summed E-state index contributed by atoms with van der Waals surface area (Å²) in [6.45, 7) is 0.683. The molecule has 2 aliphatic heterocycles. The number of alkyl halides is 3. The minimum absolute atomic E-state index is 0.00970. The molecule has 1 saturated carbocycles. The first kappa shape index (κ1) is 23.2. The van der Waals surface area contributed by atoms with Crippen molar-refractivity contribution < 1.29 is 31.1 Å². The minimum Gasteiger partial charge on any atom is -0.404 e. The van der Waals surface area contributed by atoms with Crippen LogP contribution in [0.3, 0.4) is 0 Å². The van der Waals surface area contributed by atoms with E-state index >= 15 is 0 Å². The Morgan fingerprint density at radius 1 is 0.912 bits per heavy atom. The number of para-hydroxylation sites is 1. The van der Waals surface area contributed by atoms with Crippen molar-refractivity contribution in [2.45, 2.75) is 49.3 Å². The van der Waals surface area contributed by atoms with Gasteiger partial charge in [0.2, 0.25) is 15.9 Å². The molecule has 1 spiro atoms. The summed E-state index contributed by atoms with van der Waals surface area (Å²) in [6.07, 6.45) is -1.32. The van der Waals surface area contributed by atoms with E-state index in [-0.39, 0.29) is 19.0 Å². The SMILES string of the molecule is O=C1N(c2ccc(C3CC3)cc2)CCC12CCN(S(=O)(=O)c1ccccc1OC(F)(F)F)CC2. The Morgan fingerprint density at radius 2 is 1.53 bits per heavy atom. The van der Waals surface area contributed by atoms with E-state index in [1.807, 2.05) is 12.1 Å². The van der Waals surface area contributed by atoms with Gasteiger partial charge in [0, 0.05) is 25.3 Å². The van der Waals surface area contributed by atoms with E-state index < -0.39 is 32.4 Å². The lowest BCUT2D eigenvalue weighted by molar-refractivity contribution is -0.275. The molecule has 3 aliphatic rings. The molecule has 0 N–H and O–H groups in total. The van der Waals surface area contributed by atoms with Crippen LogP contribution in [-0.2, 0) is 14.8 Å². The van der Waals surface area contributed by atoms with Gasteiger partial charge in [-0.3, -0.25) is 4.79 Å². The molecule has 6 nitrogen and oxygen atoms in total. The van der Waals surface area contributed by atoms with E-state index in [2.05, 4.69) is 16.9 Å². The molecule has 0 aromatic heterocycles. The van der Waals surface area contributed by atoms with Crippen LogP contribution in [-0.4, -0.2) is 44.6 Å². The third kappa shape index (κ3) is 4.29. The zero-order valence-electron chi connectivity index (χ0n) is 18.4. The highest BCUT2D eigenvalue weighted by Crippen LogP contribution is 2.45. The first-order valence-electron chi connectivity index (χ1n) is 11.4. The predicted octanol–water partition coefficient (Wildman–Crippen LogP) is 4.67. The lowest BCUT2D eigenvalue weighted by Crippen LogP contribution is -2.46. The number of anilines is 1. The molecule has 182 valence electrons. The number of carbonyl (C=O) groups is 1. The molecule has 34 heavy (non-hydrogen) atoms. The first-order chi connectivity index (χ1) is 16.1. The fourth-order valence-electron chi connectivity index (χ4n) is 5.04. The Balaban J connectivity index is 1.29. The molecule has 3 fully saturated rings. The average molecular weight is 495 g/mol. The van der Waals surface area contributed by atoms with Gasteiger partial charge >= 0.3 is 6.36 Å². The Labute approximate surface area is 196 Å². The summed E-state index contributed by atoms with van der Waals surface area (Å²) < 4.78 is 69.7. The van der Waals surface area contributed by atoms with Gasteiger partial charge in [-0.1, -0.05) is 24.3 Å². The summed E-state index contributed by atoms with van der Waals surface area (Å²) in [6, 6.07) is 12.8. The lowest BCUT2D eigenvalue weighted by Gasteiger charge is -2.37. The van der Waals surface area contributed by atoms with E-state index in [4.69, 9.17) is 0 Å². The topological polar surface area (TPSA) is 66.9 Å². The van der Waals surface area contributed by atoms with Crippen molar-refractivity contribution in [1.82, 2.24) is 4.31 Å². The van der Waals surface area contributed by atoms with E-state index in [1.165, 1.54) is 30.5 Å². The largest absolute Gasteiger partial charge is 0.573 e. The van der Waals surface area contributed by atoms with Crippen molar-refractivity contribution in [3.63, 3.8) is 0 Å². The fraction of sp³-hybridized carbons (Fsp3) is 0.458. The quantitative estimate of drug-likeness (QED) is 0.606. The van der Waals surface area contributed by atoms with E-state index in [0.717, 1.165) is 22.1 Å². The number of ether oxygens (including phenoxy) is 1. The lowest BCUT2D eigenvalue weighted by atomic mass is 9.77. The Bertz CT molecular complexity index is 1190. The van der Waals surface area contributed by atoms with Gasteiger partial charge < -0.3 is 9.64 Å². The van der Waals surface area contributed by atoms with Gasteiger partial charge in [-0.05, 0) is 67.9 Å². The number of hydrogen-bond acceptors (Lipinski definition) is 4. The van der Waals surface area contributed by atoms with Crippen LogP contribution in [0.5, 0.6) is 5.75 Å². The summed E-state index contributed by atoms with van der Waals surface area (Å²) in [5, 5.41) is 0. The Kier molecular flexibility index (Phi) is 5.63. The zero-order valence-corrected chi connectivity index (χ0v) is 19.2. The summed E-state index contributed by atoms with van der Waals surface area (Å²) in [7, 11) is -4.22. The molecule has 5 rings (SSSR count). The van der Waals surface area contributed by atoms with Gasteiger partial charge in [0.25, 0.3) is 0 Å². The third-order valence-corrected chi connectivity index (χ3v) is 9.08. The molecular formula is C24H25F3N2O4S. The van der Waals surface area contributed by atoms with Crippen LogP contribution >= 0.6 is 0 Å². The molecule has 2 aromatic carbocycles. The van der Waals surface area contributed by atoms with Gasteiger partial charge in [-0.2, -0.15) is 4.31 Å². The third-order valence-electron chi connectivity index (χ3n) is 7.14. The van der Waals surface area contributed by atoms with Crippen LogP contribution in [0, 0.1) is 5.41 Å². The molecule has 0 bridgehead atoms. The van der Waals surface area contributed by atoms with Crippen LogP contribution in [0.1, 0.15) is 43.6 Å². The monoisotopic (exact) mass is 494 g/mol. The van der Waals surface area contributed by atoms with Crippen molar-refractivity contribution in [2.24, 2.45) is 5.41 Å². The summed E-state index contributed by atoms with van der Waals surface area (Å²) in [5.41, 5.74) is 1.49. The summed E-state index contributed by atoms with van der Waals surface area (Å²) in [5.74, 6) is -0.134. The highest BCUT2D eigenvalue weighted by Gasteiger charge is 2.50. The molecule has 0 radical (unpaired) electrons. The molecule has 2 saturated heterocycles. The van der Waals surface area contributed by atoms with Crippen molar-refractivity contribution in [3.05, 3.63) is 54.1 Å². The standard InChI is InChI=1S/C24H25F3N2O4S/c25-24(26,27)33-20-3-1-2-4-21(20)34(31,32)28-14-11-23(12-15-28)13-16-29(22(23)30)19-9-7-18(8-10-19)17-5-6-17/h1-4,7-10,17H,5-6,11-16H2. The van der Waals surface area contributed by atoms with Crippen LogP contribution in [0.4, 0.5) is 18.9 Å². The summed E-state index contributed by atoms with van der Waals surface area (Å²) in [4.78, 5) is 14.6. The molecule has 0 atom stereocenters. The van der Waals surface area contributed by atoms with Crippen molar-refractivity contribution >= 4 is 21.6 Å². The van der Waals surface area contributed by atoms with Crippen LogP contribution in [0.2, 0.25) is 0 Å². The number of piperidine rings is 1. The molecule has 1 aliphatic carbocycles. The van der Waals surface area contributed by atoms with Crippen LogP contribution < -0.4 is 9.64 Å². The van der Waals surface area contributed by atoms with Gasteiger partial charge in [-0.25, -0.2) is 8.42 Å². The van der Waals surface area contributed by atoms with Crippen LogP contribution in [0.25, 0.3) is 0 Å². The summed E-state index contributed by atoms with van der Waals surface area (Å²) >= 11 is 0.